The van der Waals surface area contributed by atoms with E-state index in [1.807, 2.05) is 0 Å². The number of morpholine rings is 1. The molecule has 4 saturated carbocycles. The quantitative estimate of drug-likeness (QED) is 0.202. The number of carbonyl (C=O) groups excluding carboxylic acids is 12. The first kappa shape index (κ1) is 87.6. The van der Waals surface area contributed by atoms with Gasteiger partial charge in [-0.1, -0.05) is 47.0 Å². The molecule has 0 aromatic heterocycles. The maximum atomic E-state index is 15.7. The summed E-state index contributed by atoms with van der Waals surface area (Å²) in [6.45, 7) is 7.29. The maximum Gasteiger partial charge on any atom is 0.397 e. The van der Waals surface area contributed by atoms with E-state index in [0.29, 0.717) is 44.9 Å². The van der Waals surface area contributed by atoms with Crippen LogP contribution in [0.5, 0.6) is 0 Å². The predicted octanol–water partition coefficient (Wildman–Crippen LogP) is 5.57. The highest BCUT2D eigenvalue weighted by molar-refractivity contribution is 6.01. The van der Waals surface area contributed by atoms with Gasteiger partial charge in [-0.05, 0) is 146 Å². The van der Waals surface area contributed by atoms with Gasteiger partial charge in [-0.3, -0.25) is 57.5 Å². The van der Waals surface area contributed by atoms with Crippen LogP contribution in [0.4, 0.5) is 35.1 Å². The average molecular weight is 1560 g/mol. The van der Waals surface area contributed by atoms with Gasteiger partial charge in [0.25, 0.3) is 0 Å². The number of amides is 12. The predicted molar refractivity (Wildman–Crippen MR) is 381 cm³/mol. The van der Waals surface area contributed by atoms with E-state index < -0.39 is 230 Å². The molecular weight excluding hydrogens is 1440 g/mol. The highest BCUT2D eigenvalue weighted by Gasteiger charge is 2.56. The van der Waals surface area contributed by atoms with Crippen LogP contribution < -0.4 is 16.0 Å². The number of halogens is 8. The van der Waals surface area contributed by atoms with Crippen molar-refractivity contribution >= 4 is 70.9 Å². The third-order valence-corrected chi connectivity index (χ3v) is 24.9. The summed E-state index contributed by atoms with van der Waals surface area (Å²) in [5.74, 6) is -17.0. The van der Waals surface area contributed by atoms with Crippen molar-refractivity contribution in [1.82, 2.24) is 60.0 Å². The van der Waals surface area contributed by atoms with Crippen LogP contribution in [0.1, 0.15) is 176 Å². The number of carbonyl (C=O) groups is 12. The first-order chi connectivity index (χ1) is 51.3. The molecule has 1 spiro atoms. The van der Waals surface area contributed by atoms with Crippen LogP contribution in [0.25, 0.3) is 0 Å². The summed E-state index contributed by atoms with van der Waals surface area (Å²) in [7, 11) is 8.05. The van der Waals surface area contributed by atoms with Crippen LogP contribution in [-0.2, 0) is 67.0 Å². The number of likely N-dealkylation sites (N-methyl/N-ethyl adjacent to an activating group) is 6. The smallest absolute Gasteiger partial charge is 0.378 e. The Labute approximate surface area is 634 Å². The maximum absolute atomic E-state index is 15.7. The van der Waals surface area contributed by atoms with Crippen molar-refractivity contribution < 1.29 is 102 Å². The highest BCUT2D eigenvalue weighted by atomic mass is 19.4. The van der Waals surface area contributed by atoms with Crippen molar-refractivity contribution in [3.63, 3.8) is 0 Å². The minimum atomic E-state index is -5.22. The molecule has 8 rings (SSSR count). The molecule has 8 fully saturated rings. The van der Waals surface area contributed by atoms with Crippen molar-refractivity contribution in [1.29, 1.82) is 0 Å². The van der Waals surface area contributed by atoms with E-state index >= 15 is 37.5 Å². The number of nitrogens with zero attached hydrogens (tertiary/aromatic N) is 9. The monoisotopic (exact) mass is 1560 g/mol. The molecule has 4 saturated heterocycles. The van der Waals surface area contributed by atoms with Crippen LogP contribution in [-0.4, -0.2) is 301 Å². The van der Waals surface area contributed by atoms with E-state index in [1.54, 1.807) is 34.6 Å². The van der Waals surface area contributed by atoms with Crippen LogP contribution >= 0.6 is 0 Å². The number of ether oxygens (including phenoxy) is 2. The van der Waals surface area contributed by atoms with E-state index in [-0.39, 0.29) is 123 Å². The normalized spacial score (nSPS) is 33.1. The summed E-state index contributed by atoms with van der Waals surface area (Å²) < 4.78 is 127. The molecule has 109 heavy (non-hydrogen) atoms. The molecule has 0 aromatic rings. The molecule has 4 aliphatic heterocycles. The fourth-order valence-corrected chi connectivity index (χ4v) is 17.8. The Morgan fingerprint density at radius 1 is 0.615 bits per heavy atom. The molecule has 0 aromatic carbocycles. The molecular formula is C75H116F8N12O14. The molecule has 4 heterocycles. The Hall–Kier alpha value is -7.00. The molecule has 12 amide bonds. The van der Waals surface area contributed by atoms with Gasteiger partial charge in [-0.15, -0.1) is 0 Å². The molecule has 13 atom stereocenters. The molecule has 34 heteroatoms. The van der Waals surface area contributed by atoms with Gasteiger partial charge in [0.05, 0.1) is 44.7 Å². The zero-order valence-corrected chi connectivity index (χ0v) is 65.1. The molecule has 8 aliphatic rings. The van der Waals surface area contributed by atoms with Gasteiger partial charge in [0.2, 0.25) is 70.9 Å². The first-order valence-electron chi connectivity index (χ1n) is 39.2. The van der Waals surface area contributed by atoms with E-state index in [1.165, 1.54) is 57.0 Å². The second-order valence-electron chi connectivity index (χ2n) is 32.3. The van der Waals surface area contributed by atoms with Gasteiger partial charge < -0.3 is 69.5 Å². The van der Waals surface area contributed by atoms with Crippen LogP contribution in [0.15, 0.2) is 0 Å². The Kier molecular flexibility index (Phi) is 30.2. The Bertz CT molecular complexity index is 3230. The summed E-state index contributed by atoms with van der Waals surface area (Å²) in [5.41, 5.74) is -1.70. The van der Waals surface area contributed by atoms with Crippen molar-refractivity contribution in [3.8, 4) is 0 Å². The Morgan fingerprint density at radius 2 is 1.24 bits per heavy atom. The third-order valence-electron chi connectivity index (χ3n) is 24.9. The number of hydrogen-bond acceptors (Lipinski definition) is 14. The number of rotatable bonds is 12. The van der Waals surface area contributed by atoms with Crippen LogP contribution in [0.2, 0.25) is 0 Å². The molecule has 26 nitrogen and oxygen atoms in total. The summed E-state index contributed by atoms with van der Waals surface area (Å²) in [5, 5.41) is 8.40. The number of hydrogen-bond donors (Lipinski definition) is 3. The van der Waals surface area contributed by atoms with E-state index in [2.05, 4.69) is 16.0 Å². The van der Waals surface area contributed by atoms with Crippen LogP contribution in [0.3, 0.4) is 0 Å². The van der Waals surface area contributed by atoms with Crippen molar-refractivity contribution in [3.05, 3.63) is 0 Å². The van der Waals surface area contributed by atoms with Crippen molar-refractivity contribution in [2.24, 2.45) is 41.4 Å². The number of nitrogens with one attached hydrogen (secondary N) is 3. The third kappa shape index (κ3) is 20.8. The van der Waals surface area contributed by atoms with Gasteiger partial charge in [-0.25, -0.2) is 8.78 Å². The lowest BCUT2D eigenvalue weighted by atomic mass is 9.74. The Morgan fingerprint density at radius 3 is 1.81 bits per heavy atom. The molecule has 4 aliphatic carbocycles. The van der Waals surface area contributed by atoms with Crippen LogP contribution in [0, 0.1) is 41.4 Å². The molecule has 0 radical (unpaired) electrons. The first-order valence-corrected chi connectivity index (χ1v) is 39.2. The molecule has 2 bridgehead atoms. The molecule has 2 unspecified atom stereocenters. The zero-order valence-electron chi connectivity index (χ0n) is 65.1. The van der Waals surface area contributed by atoms with E-state index in [4.69, 9.17) is 9.47 Å². The minimum absolute atomic E-state index is 0.00268. The van der Waals surface area contributed by atoms with Gasteiger partial charge in [0.1, 0.15) is 72.1 Å². The van der Waals surface area contributed by atoms with Gasteiger partial charge in [0, 0.05) is 81.5 Å². The fraction of sp³-hybridized carbons (Fsp3) is 0.840. The van der Waals surface area contributed by atoms with Crippen molar-refractivity contribution in [2.75, 3.05) is 101 Å². The largest absolute Gasteiger partial charge is 0.397 e. The standard InChI is InChI=1S/C75H116F8N12O14/c1-12-44(5)62-70(105)88(7)42-60(98)90(9)54-27-20-43(4)39-94(69(54)104)57(36-45-21-24-48(25-22-45)74(78,79)80)67(102)87(6)41-58(96)84-52(26-23-46-34-50(76)61(51(77)35-46)75(81,82)83)66(101)95-40-49(109-14-3)37-55(95)65(100)86-73(28-17-29-73)72(107)92(11)63(47-18-15-16-19-47)71(106)91(10)56(68(103)93-30-32-108-33-31-93)38-59(97)89(8)53(13-2)64(99)85-62/h43-57,61-63H,12-42H2,1-11H3,(H,84,96)(H,85,99)(H,86,100)/t43-,44+,45?,46?,48?,49-,50?,51?,52+,53+,54+,55+,56+,57+,61?,62+,63+/m1/s1. The van der Waals surface area contributed by atoms with Gasteiger partial charge in [-0.2, -0.15) is 26.3 Å². The van der Waals surface area contributed by atoms with Gasteiger partial charge in [0.15, 0.2) is 0 Å². The minimum Gasteiger partial charge on any atom is -0.378 e. The second-order valence-corrected chi connectivity index (χ2v) is 32.3. The highest BCUT2D eigenvalue weighted by Crippen LogP contribution is 2.46. The molecule has 3 N–H and O–H groups in total. The lowest BCUT2D eigenvalue weighted by Gasteiger charge is -2.47. The average Bonchev–Trinajstić information content (AvgIpc) is 1.68. The summed E-state index contributed by atoms with van der Waals surface area (Å²) in [6.07, 6.45) is -16.3. The van der Waals surface area contributed by atoms with E-state index in [9.17, 15) is 55.1 Å². The SMILES string of the molecule is CCO[C@@H]1C[C@H]2C(=O)NC3(CCC3)C(=O)N(C)[C@@H](C3CCCC3)C(=O)N(C)[C@H](C(=O)N3CCOCC3)CC(=O)N(C)[C@@H](CC)C(=O)N[C@@H]([C@@H](C)CC)C(=O)N(C)CC(=O)N(C)[C@H]3CC[C@@H](C)CN(C3=O)[C@@H](CC3CCC(C(F)(F)F)CC3)C(=O)N(C)CC(=O)N[C@@H](CCC3CC(F)C(C(F)(F)F)C(F)C3)C(=O)N2C1. The summed E-state index contributed by atoms with van der Waals surface area (Å²) >= 11 is 0. The topological polar surface area (TPSA) is 289 Å². The zero-order chi connectivity index (χ0) is 80.5. The van der Waals surface area contributed by atoms with E-state index in [0.717, 1.165) is 29.4 Å². The second kappa shape index (κ2) is 37.6. The summed E-state index contributed by atoms with van der Waals surface area (Å²) in [6, 6.07) is -11.3. The van der Waals surface area contributed by atoms with Gasteiger partial charge >= 0.3 is 12.4 Å². The lowest BCUT2D eigenvalue weighted by Crippen LogP contribution is -2.68. The summed E-state index contributed by atoms with van der Waals surface area (Å²) in [4.78, 5) is 192. The number of fused-ring (bicyclic) bond motifs is 3. The molecule has 616 valence electrons. The number of alkyl halides is 8. The Balaban J connectivity index is 1.20. The van der Waals surface area contributed by atoms with Crippen molar-refractivity contribution in [2.45, 2.75) is 261 Å². The fourth-order valence-electron chi connectivity index (χ4n) is 17.8. The lowest BCUT2D eigenvalue weighted by molar-refractivity contribution is -0.219.